The molecule has 4 heteroatoms. The molecule has 0 saturated heterocycles. The van der Waals surface area contributed by atoms with Crippen LogP contribution in [0.25, 0.3) is 11.4 Å². The third-order valence-electron chi connectivity index (χ3n) is 2.01. The Morgan fingerprint density at radius 2 is 2.07 bits per heavy atom. The van der Waals surface area contributed by atoms with Crippen LogP contribution in [0.1, 0.15) is 5.56 Å². The first kappa shape index (κ1) is 9.40. The van der Waals surface area contributed by atoms with Crippen molar-refractivity contribution in [2.75, 3.05) is 0 Å². The summed E-state index contributed by atoms with van der Waals surface area (Å²) < 4.78 is 2.97. The van der Waals surface area contributed by atoms with Gasteiger partial charge in [-0.1, -0.05) is 15.9 Å². The molecule has 1 heterocycles. The summed E-state index contributed by atoms with van der Waals surface area (Å²) in [4.78, 5) is 0. The first-order valence-corrected chi connectivity index (χ1v) is 5.07. The molecule has 72 valence electrons. The van der Waals surface area contributed by atoms with E-state index in [4.69, 9.17) is 0 Å². The molecule has 1 aromatic heterocycles. The number of hydrogen-bond acceptors (Lipinski definition) is 2. The minimum absolute atomic E-state index is 0.884. The van der Waals surface area contributed by atoms with Gasteiger partial charge >= 0.3 is 0 Å². The predicted octanol–water partition coefficient (Wildman–Crippen LogP) is 2.55. The van der Waals surface area contributed by atoms with Crippen molar-refractivity contribution < 1.29 is 0 Å². The van der Waals surface area contributed by atoms with E-state index in [2.05, 4.69) is 45.2 Å². The van der Waals surface area contributed by atoms with Gasteiger partial charge in [-0.05, 0) is 30.7 Å². The molecule has 3 nitrogen and oxygen atoms in total. The van der Waals surface area contributed by atoms with Gasteiger partial charge in [0.2, 0.25) is 0 Å². The monoisotopic (exact) mass is 251 g/mol. The van der Waals surface area contributed by atoms with Crippen LogP contribution in [0.5, 0.6) is 0 Å². The number of halogens is 1. The van der Waals surface area contributed by atoms with Crippen LogP contribution in [-0.2, 0) is 7.05 Å². The van der Waals surface area contributed by atoms with Crippen LogP contribution in [-0.4, -0.2) is 14.8 Å². The van der Waals surface area contributed by atoms with E-state index in [9.17, 15) is 0 Å². The molecule has 0 N–H and O–H groups in total. The van der Waals surface area contributed by atoms with Crippen molar-refractivity contribution in [2.45, 2.75) is 6.92 Å². The summed E-state index contributed by atoms with van der Waals surface area (Å²) in [5, 5.41) is 7.92. The van der Waals surface area contributed by atoms with E-state index in [1.54, 1.807) is 6.33 Å². The van der Waals surface area contributed by atoms with Crippen LogP contribution in [0.2, 0.25) is 0 Å². The van der Waals surface area contributed by atoms with Crippen LogP contribution < -0.4 is 0 Å². The van der Waals surface area contributed by atoms with E-state index in [0.29, 0.717) is 0 Å². The highest BCUT2D eigenvalue weighted by Gasteiger charge is 2.05. The molecule has 0 saturated carbocycles. The minimum Gasteiger partial charge on any atom is -0.317 e. The maximum absolute atomic E-state index is 4.06. The highest BCUT2D eigenvalue weighted by Crippen LogP contribution is 2.22. The van der Waals surface area contributed by atoms with Gasteiger partial charge in [-0.3, -0.25) is 0 Å². The number of nitrogens with zero attached hydrogens (tertiary/aromatic N) is 3. The van der Waals surface area contributed by atoms with Crippen LogP contribution in [0, 0.1) is 6.92 Å². The first-order chi connectivity index (χ1) is 6.66. The molecule has 0 amide bonds. The summed E-state index contributed by atoms with van der Waals surface area (Å²) in [7, 11) is 1.94. The number of rotatable bonds is 1. The third-order valence-corrected chi connectivity index (χ3v) is 2.47. The van der Waals surface area contributed by atoms with Crippen molar-refractivity contribution >= 4 is 15.9 Å². The van der Waals surface area contributed by atoms with Gasteiger partial charge < -0.3 is 4.57 Å². The standard InChI is InChI=1S/C10H10BrN3/c1-7-3-8(5-9(11)4-7)10-13-12-6-14(10)2/h3-6H,1-2H3. The fraction of sp³-hybridized carbons (Fsp3) is 0.200. The summed E-state index contributed by atoms with van der Waals surface area (Å²) in [5.74, 6) is 0.884. The Morgan fingerprint density at radius 1 is 1.29 bits per heavy atom. The Balaban J connectivity index is 2.57. The third kappa shape index (κ3) is 1.70. The maximum Gasteiger partial charge on any atom is 0.163 e. The number of aromatic nitrogens is 3. The quantitative estimate of drug-likeness (QED) is 0.780. The number of aryl methyl sites for hydroxylation is 2. The van der Waals surface area contributed by atoms with Gasteiger partial charge in [-0.2, -0.15) is 0 Å². The zero-order valence-corrected chi connectivity index (χ0v) is 9.62. The number of benzene rings is 1. The fourth-order valence-corrected chi connectivity index (χ4v) is 2.02. The smallest absolute Gasteiger partial charge is 0.163 e. The van der Waals surface area contributed by atoms with E-state index < -0.39 is 0 Å². The van der Waals surface area contributed by atoms with Gasteiger partial charge in [0.05, 0.1) is 0 Å². The Morgan fingerprint density at radius 3 is 2.64 bits per heavy atom. The molecule has 0 aliphatic carbocycles. The van der Waals surface area contributed by atoms with Crippen molar-refractivity contribution in [1.82, 2.24) is 14.8 Å². The lowest BCUT2D eigenvalue weighted by Gasteiger charge is -2.02. The van der Waals surface area contributed by atoms with Gasteiger partial charge in [0.1, 0.15) is 6.33 Å². The van der Waals surface area contributed by atoms with Crippen molar-refractivity contribution in [1.29, 1.82) is 0 Å². The van der Waals surface area contributed by atoms with Gasteiger partial charge in [0.15, 0.2) is 5.82 Å². The van der Waals surface area contributed by atoms with E-state index in [-0.39, 0.29) is 0 Å². The zero-order valence-electron chi connectivity index (χ0n) is 8.03. The molecule has 0 fully saturated rings. The topological polar surface area (TPSA) is 30.7 Å². The average Bonchev–Trinajstić information content (AvgIpc) is 2.49. The van der Waals surface area contributed by atoms with Crippen LogP contribution in [0.3, 0.4) is 0 Å². The zero-order chi connectivity index (χ0) is 10.1. The van der Waals surface area contributed by atoms with E-state index >= 15 is 0 Å². The van der Waals surface area contributed by atoms with Crippen LogP contribution >= 0.6 is 15.9 Å². The Bertz CT molecular complexity index is 442. The fourth-order valence-electron chi connectivity index (χ4n) is 1.41. The maximum atomic E-state index is 4.06. The second-order valence-corrected chi connectivity index (χ2v) is 4.20. The lowest BCUT2D eigenvalue weighted by Crippen LogP contribution is -1.91. The summed E-state index contributed by atoms with van der Waals surface area (Å²) in [6.45, 7) is 2.06. The summed E-state index contributed by atoms with van der Waals surface area (Å²) in [5.41, 5.74) is 2.29. The van der Waals surface area contributed by atoms with Gasteiger partial charge in [-0.15, -0.1) is 10.2 Å². The van der Waals surface area contributed by atoms with E-state index in [1.807, 2.05) is 17.7 Å². The minimum atomic E-state index is 0.884. The lowest BCUT2D eigenvalue weighted by molar-refractivity contribution is 0.919. The molecule has 0 atom stereocenters. The summed E-state index contributed by atoms with van der Waals surface area (Å²) in [6.07, 6.45) is 1.70. The Hall–Kier alpha value is -1.16. The molecule has 14 heavy (non-hydrogen) atoms. The van der Waals surface area contributed by atoms with E-state index in [0.717, 1.165) is 15.9 Å². The van der Waals surface area contributed by atoms with Crippen molar-refractivity contribution in [2.24, 2.45) is 7.05 Å². The molecule has 0 aliphatic heterocycles. The SMILES string of the molecule is Cc1cc(Br)cc(-c2nncn2C)c1. The molecule has 1 aromatic carbocycles. The van der Waals surface area contributed by atoms with E-state index in [1.165, 1.54) is 5.56 Å². The molecule has 2 rings (SSSR count). The van der Waals surface area contributed by atoms with Crippen LogP contribution in [0.4, 0.5) is 0 Å². The molecular weight excluding hydrogens is 242 g/mol. The van der Waals surface area contributed by atoms with Gasteiger partial charge in [0, 0.05) is 17.1 Å². The molecule has 0 aliphatic rings. The van der Waals surface area contributed by atoms with Crippen molar-refractivity contribution in [3.63, 3.8) is 0 Å². The number of hydrogen-bond donors (Lipinski definition) is 0. The van der Waals surface area contributed by atoms with Crippen molar-refractivity contribution in [3.8, 4) is 11.4 Å². The molecule has 2 aromatic rings. The average molecular weight is 252 g/mol. The Labute approximate surface area is 90.9 Å². The highest BCUT2D eigenvalue weighted by atomic mass is 79.9. The van der Waals surface area contributed by atoms with Crippen LogP contribution in [0.15, 0.2) is 29.0 Å². The molecule has 0 spiro atoms. The molecule has 0 unspecified atom stereocenters. The van der Waals surface area contributed by atoms with Crippen molar-refractivity contribution in [3.05, 3.63) is 34.6 Å². The molecular formula is C10H10BrN3. The van der Waals surface area contributed by atoms with Gasteiger partial charge in [0.25, 0.3) is 0 Å². The second kappa shape index (κ2) is 3.53. The predicted molar refractivity (Wildman–Crippen MR) is 58.9 cm³/mol. The molecule has 0 bridgehead atoms. The first-order valence-electron chi connectivity index (χ1n) is 4.28. The summed E-state index contributed by atoms with van der Waals surface area (Å²) >= 11 is 3.47. The molecule has 0 radical (unpaired) electrons. The lowest BCUT2D eigenvalue weighted by atomic mass is 10.1. The second-order valence-electron chi connectivity index (χ2n) is 3.28. The van der Waals surface area contributed by atoms with Gasteiger partial charge in [-0.25, -0.2) is 0 Å². The largest absolute Gasteiger partial charge is 0.317 e. The summed E-state index contributed by atoms with van der Waals surface area (Å²) in [6, 6.07) is 6.20. The normalized spacial score (nSPS) is 10.5. The Kier molecular flexibility index (Phi) is 2.37. The highest BCUT2D eigenvalue weighted by molar-refractivity contribution is 9.10.